The lowest BCUT2D eigenvalue weighted by molar-refractivity contribution is -0.135. The van der Waals surface area contributed by atoms with E-state index in [-0.39, 0.29) is 0 Å². The van der Waals surface area contributed by atoms with Crippen LogP contribution in [0.3, 0.4) is 0 Å². The highest BCUT2D eigenvalue weighted by atomic mass is 16.6. The molecule has 1 heterocycles. The number of carbonyl (C=O) groups excluding carboxylic acids is 10. The minimum atomic E-state index is -1.62. The minimum Gasteiger partial charge on any atom is -0.423 e. The molecule has 1 aromatic heterocycles. The molecule has 0 aliphatic carbocycles. The second kappa shape index (κ2) is 16.8. The zero-order valence-corrected chi connectivity index (χ0v) is 27.7. The lowest BCUT2D eigenvalue weighted by atomic mass is 10.1. The molecule has 0 unspecified atom stereocenters. The van der Waals surface area contributed by atoms with Gasteiger partial charge < -0.3 is 37.9 Å². The third-order valence-corrected chi connectivity index (χ3v) is 5.48. The van der Waals surface area contributed by atoms with Gasteiger partial charge in [0.1, 0.15) is 0 Å². The molecule has 2 aromatic carbocycles. The molecular formula is C32H24N2O18. The summed E-state index contributed by atoms with van der Waals surface area (Å²) in [6.07, 6.45) is 1.82. The van der Waals surface area contributed by atoms with Gasteiger partial charge in [0.15, 0.2) is 34.4 Å². The molecule has 3 aromatic rings. The molecule has 0 amide bonds. The first kappa shape index (κ1) is 39.1. The van der Waals surface area contributed by atoms with E-state index in [2.05, 4.69) is 9.97 Å². The Balaban J connectivity index is 1.96. The van der Waals surface area contributed by atoms with Crippen LogP contribution in [0.4, 0.5) is 0 Å². The van der Waals surface area contributed by atoms with Crippen LogP contribution in [0.15, 0.2) is 36.7 Å². The van der Waals surface area contributed by atoms with Crippen molar-refractivity contribution in [1.29, 1.82) is 0 Å². The van der Waals surface area contributed by atoms with Crippen molar-refractivity contribution in [2.45, 2.75) is 41.5 Å². The summed E-state index contributed by atoms with van der Waals surface area (Å²) in [5.41, 5.74) is -3.08. The Bertz CT molecular complexity index is 1830. The summed E-state index contributed by atoms with van der Waals surface area (Å²) in [6.45, 7) is 5.82. The van der Waals surface area contributed by atoms with Gasteiger partial charge in [-0.2, -0.15) is 0 Å². The third-order valence-electron chi connectivity index (χ3n) is 5.48. The van der Waals surface area contributed by atoms with Crippen LogP contribution in [-0.4, -0.2) is 69.7 Å². The number of aromatic nitrogens is 2. The summed E-state index contributed by atoms with van der Waals surface area (Å²) in [5.74, 6) is -15.4. The minimum absolute atomic E-state index is 0.564. The van der Waals surface area contributed by atoms with Crippen LogP contribution >= 0.6 is 0 Å². The van der Waals surface area contributed by atoms with Crippen LogP contribution in [0.25, 0.3) is 0 Å². The first-order valence-corrected chi connectivity index (χ1v) is 14.2. The van der Waals surface area contributed by atoms with Gasteiger partial charge in [-0.25, -0.2) is 29.1 Å². The Morgan fingerprint density at radius 1 is 0.385 bits per heavy atom. The molecule has 0 saturated heterocycles. The highest BCUT2D eigenvalue weighted by molar-refractivity contribution is 6.09. The highest BCUT2D eigenvalue weighted by Gasteiger charge is 2.30. The second-order valence-electron chi connectivity index (χ2n) is 9.77. The zero-order valence-electron chi connectivity index (χ0n) is 27.7. The van der Waals surface area contributed by atoms with Crippen molar-refractivity contribution in [2.75, 3.05) is 0 Å². The summed E-state index contributed by atoms with van der Waals surface area (Å²) in [6, 6.07) is 3.25. The molecule has 20 nitrogen and oxygen atoms in total. The van der Waals surface area contributed by atoms with Gasteiger partial charge in [0.2, 0.25) is 11.5 Å². The molecule has 52 heavy (non-hydrogen) atoms. The van der Waals surface area contributed by atoms with Gasteiger partial charge in [-0.05, 0) is 24.3 Å². The van der Waals surface area contributed by atoms with Crippen LogP contribution < -0.4 is 28.4 Å². The van der Waals surface area contributed by atoms with E-state index in [0.717, 1.165) is 78.2 Å². The number of hydrogen-bond donors (Lipinski definition) is 0. The fourth-order valence-electron chi connectivity index (χ4n) is 3.82. The highest BCUT2D eigenvalue weighted by Crippen LogP contribution is 2.41. The van der Waals surface area contributed by atoms with Crippen molar-refractivity contribution in [3.63, 3.8) is 0 Å². The quantitative estimate of drug-likeness (QED) is 0.164. The average molecular weight is 725 g/mol. The maximum Gasteiger partial charge on any atom is 0.367 e. The predicted molar refractivity (Wildman–Crippen MR) is 162 cm³/mol. The maximum atomic E-state index is 13.1. The summed E-state index contributed by atoms with van der Waals surface area (Å²) in [4.78, 5) is 130. The first-order chi connectivity index (χ1) is 24.4. The zero-order chi connectivity index (χ0) is 38.9. The number of rotatable bonds is 10. The van der Waals surface area contributed by atoms with Crippen LogP contribution in [0.5, 0.6) is 34.5 Å². The van der Waals surface area contributed by atoms with Gasteiger partial charge >= 0.3 is 59.7 Å². The van der Waals surface area contributed by atoms with Gasteiger partial charge in [-0.15, -0.1) is 0 Å². The number of benzene rings is 2. The number of esters is 10. The van der Waals surface area contributed by atoms with Gasteiger partial charge in [0.25, 0.3) is 0 Å². The molecule has 0 aliphatic rings. The van der Waals surface area contributed by atoms with E-state index in [1.165, 1.54) is 0 Å². The summed E-state index contributed by atoms with van der Waals surface area (Å²) < 4.78 is 39.4. The van der Waals surface area contributed by atoms with Crippen molar-refractivity contribution >= 4 is 59.7 Å². The lowest BCUT2D eigenvalue weighted by Gasteiger charge is -2.15. The number of hydrogen-bond acceptors (Lipinski definition) is 20. The summed E-state index contributed by atoms with van der Waals surface area (Å²) in [5, 5.41) is 0. The summed E-state index contributed by atoms with van der Waals surface area (Å²) in [7, 11) is 0. The number of carbonyl (C=O) groups is 10. The van der Waals surface area contributed by atoms with Crippen molar-refractivity contribution < 1.29 is 85.8 Å². The Kier molecular flexibility index (Phi) is 12.6. The van der Waals surface area contributed by atoms with E-state index in [1.807, 2.05) is 0 Å². The van der Waals surface area contributed by atoms with Crippen molar-refractivity contribution in [3.05, 3.63) is 59.2 Å². The SMILES string of the molecule is CC(=O)Oc1cc(C(=O)OC(=O)c2nccnc2C(=O)OC(=O)c2cc(OC(C)=O)c(OC(C)=O)c(OC(C)=O)c2)cc(OC(C)=O)c1OC(C)=O. The van der Waals surface area contributed by atoms with Gasteiger partial charge in [0, 0.05) is 53.9 Å². The van der Waals surface area contributed by atoms with E-state index in [0.29, 0.717) is 0 Å². The molecule has 0 aliphatic heterocycles. The van der Waals surface area contributed by atoms with E-state index in [4.69, 9.17) is 37.9 Å². The fourth-order valence-corrected chi connectivity index (χ4v) is 3.82. The van der Waals surface area contributed by atoms with Gasteiger partial charge in [0.05, 0.1) is 11.1 Å². The Morgan fingerprint density at radius 3 is 0.865 bits per heavy atom. The molecule has 270 valence electrons. The van der Waals surface area contributed by atoms with E-state index < -0.39 is 117 Å². The largest absolute Gasteiger partial charge is 0.423 e. The molecule has 3 rings (SSSR count). The third kappa shape index (κ3) is 10.6. The molecule has 0 saturated carbocycles. The topological polar surface area (TPSA) is 270 Å². The molecule has 20 heteroatoms. The van der Waals surface area contributed by atoms with Gasteiger partial charge in [-0.1, -0.05) is 0 Å². The van der Waals surface area contributed by atoms with Crippen LogP contribution in [0.2, 0.25) is 0 Å². The van der Waals surface area contributed by atoms with E-state index in [9.17, 15) is 47.9 Å². The van der Waals surface area contributed by atoms with Crippen LogP contribution in [-0.2, 0) is 38.2 Å². The van der Waals surface area contributed by atoms with Crippen molar-refractivity contribution in [2.24, 2.45) is 0 Å². The monoisotopic (exact) mass is 724 g/mol. The summed E-state index contributed by atoms with van der Waals surface area (Å²) >= 11 is 0. The van der Waals surface area contributed by atoms with Crippen LogP contribution in [0.1, 0.15) is 83.2 Å². The van der Waals surface area contributed by atoms with Crippen molar-refractivity contribution in [1.82, 2.24) is 9.97 Å². The molecule has 0 bridgehead atoms. The molecule has 0 spiro atoms. The predicted octanol–water partition coefficient (Wildman–Crippen LogP) is 2.02. The first-order valence-electron chi connectivity index (χ1n) is 14.2. The fraction of sp³-hybridized carbons (Fsp3) is 0.188. The Morgan fingerprint density at radius 2 is 0.635 bits per heavy atom. The molecule has 0 atom stereocenters. The second-order valence-corrected chi connectivity index (χ2v) is 9.77. The van der Waals surface area contributed by atoms with Crippen LogP contribution in [0, 0.1) is 0 Å². The molecule has 0 N–H and O–H groups in total. The maximum absolute atomic E-state index is 13.1. The Hall–Kier alpha value is -7.38. The molecular weight excluding hydrogens is 700 g/mol. The molecule has 0 radical (unpaired) electrons. The van der Waals surface area contributed by atoms with E-state index >= 15 is 0 Å². The average Bonchev–Trinajstić information content (AvgIpc) is 3.02. The Labute approximate surface area is 290 Å². The smallest absolute Gasteiger partial charge is 0.367 e. The molecule has 0 fully saturated rings. The van der Waals surface area contributed by atoms with Gasteiger partial charge in [-0.3, -0.25) is 28.8 Å². The van der Waals surface area contributed by atoms with Crippen molar-refractivity contribution in [3.8, 4) is 34.5 Å². The number of ether oxygens (including phenoxy) is 8. The standard InChI is InChI=1S/C32H24N2O18/c1-13(35)45-21-9-19(10-22(46-14(2)36)27(21)49-17(5)39)29(41)51-31(43)25-26(34-8-7-33-25)32(44)52-30(42)20-11-23(47-15(3)37)28(50-18(6)40)24(12-20)48-16(4)38/h7-12H,1-6H3. The number of nitrogens with zero attached hydrogens (tertiary/aromatic N) is 2. The normalized spacial score (nSPS) is 10.1. The lowest BCUT2D eigenvalue weighted by Crippen LogP contribution is -2.22. The van der Waals surface area contributed by atoms with E-state index in [1.54, 1.807) is 0 Å².